The van der Waals surface area contributed by atoms with Crippen LogP contribution >= 0.6 is 24.8 Å². The van der Waals surface area contributed by atoms with Gasteiger partial charge in [0.25, 0.3) is 0 Å². The van der Waals surface area contributed by atoms with Crippen molar-refractivity contribution in [3.05, 3.63) is 41.0 Å². The van der Waals surface area contributed by atoms with Crippen molar-refractivity contribution in [1.82, 2.24) is 25.1 Å². The zero-order valence-corrected chi connectivity index (χ0v) is 17.0. The van der Waals surface area contributed by atoms with Gasteiger partial charge in [0.15, 0.2) is 0 Å². The number of H-pyrrole nitrogens is 1. The quantitative estimate of drug-likeness (QED) is 0.616. The van der Waals surface area contributed by atoms with Crippen LogP contribution in [-0.2, 0) is 24.3 Å². The van der Waals surface area contributed by atoms with Gasteiger partial charge >= 0.3 is 0 Å². The van der Waals surface area contributed by atoms with Crippen molar-refractivity contribution in [1.29, 1.82) is 0 Å². The lowest BCUT2D eigenvalue weighted by molar-refractivity contribution is -0.116. The van der Waals surface area contributed by atoms with Crippen molar-refractivity contribution in [2.24, 2.45) is 0 Å². The van der Waals surface area contributed by atoms with Crippen molar-refractivity contribution in [2.75, 3.05) is 11.9 Å². The highest BCUT2D eigenvalue weighted by Gasteiger charge is 2.15. The molecule has 0 saturated heterocycles. The number of carbonyl (C=O) groups is 1. The van der Waals surface area contributed by atoms with Crippen LogP contribution in [0.4, 0.5) is 5.69 Å². The monoisotopic (exact) mass is 410 g/mol. The number of aromatic nitrogens is 4. The highest BCUT2D eigenvalue weighted by atomic mass is 35.5. The Balaban J connectivity index is 0.00000131. The summed E-state index contributed by atoms with van der Waals surface area (Å²) in [5.74, 6) is -0.0119. The third-order valence-electron chi connectivity index (χ3n) is 4.83. The number of rotatable bonds is 4. The summed E-state index contributed by atoms with van der Waals surface area (Å²) in [4.78, 5) is 19.9. The molecule has 3 aromatic rings. The van der Waals surface area contributed by atoms with Gasteiger partial charge in [-0.3, -0.25) is 9.48 Å². The van der Waals surface area contributed by atoms with Crippen LogP contribution in [0.2, 0.25) is 0 Å². The Morgan fingerprint density at radius 1 is 1.30 bits per heavy atom. The molecule has 0 bridgehead atoms. The lowest BCUT2D eigenvalue weighted by atomic mass is 10.1. The smallest absolute Gasteiger partial charge is 0.224 e. The Morgan fingerprint density at radius 3 is 2.89 bits per heavy atom. The molecular formula is C18H24Cl2N6O. The predicted molar refractivity (Wildman–Crippen MR) is 111 cm³/mol. The van der Waals surface area contributed by atoms with Gasteiger partial charge in [0.2, 0.25) is 5.91 Å². The third-order valence-corrected chi connectivity index (χ3v) is 4.83. The molecule has 0 radical (unpaired) electrons. The summed E-state index contributed by atoms with van der Waals surface area (Å²) in [5.41, 5.74) is 6.88. The van der Waals surface area contributed by atoms with E-state index in [0.29, 0.717) is 12.8 Å². The number of hydrogen-bond donors (Lipinski definition) is 3. The first-order valence-corrected chi connectivity index (χ1v) is 8.61. The number of aryl methyl sites for hydroxylation is 2. The van der Waals surface area contributed by atoms with Crippen LogP contribution in [-0.4, -0.2) is 32.2 Å². The van der Waals surface area contributed by atoms with Gasteiger partial charge in [-0.25, -0.2) is 4.98 Å². The SMILES string of the molecule is Cc1cc2[nH]cnc2c(NC(=O)CCc2cc3n(n2)CCNC3)c1C.Cl.Cl. The highest BCUT2D eigenvalue weighted by Crippen LogP contribution is 2.27. The normalized spacial score (nSPS) is 12.8. The van der Waals surface area contributed by atoms with Gasteiger partial charge in [0.05, 0.1) is 35.5 Å². The molecule has 0 aliphatic carbocycles. The highest BCUT2D eigenvalue weighted by molar-refractivity contribution is 6.01. The molecule has 3 heterocycles. The van der Waals surface area contributed by atoms with E-state index in [9.17, 15) is 4.79 Å². The van der Waals surface area contributed by atoms with Gasteiger partial charge in [-0.15, -0.1) is 24.8 Å². The zero-order chi connectivity index (χ0) is 17.4. The third kappa shape index (κ3) is 4.26. The predicted octanol–water partition coefficient (Wildman–Crippen LogP) is 2.89. The van der Waals surface area contributed by atoms with Crippen molar-refractivity contribution >= 4 is 47.4 Å². The summed E-state index contributed by atoms with van der Waals surface area (Å²) >= 11 is 0. The molecule has 2 aromatic heterocycles. The number of anilines is 1. The van der Waals surface area contributed by atoms with Crippen molar-refractivity contribution < 1.29 is 4.79 Å². The molecule has 0 atom stereocenters. The summed E-state index contributed by atoms with van der Waals surface area (Å²) in [6.45, 7) is 6.73. The number of imidazole rings is 1. The minimum absolute atomic E-state index is 0. The van der Waals surface area contributed by atoms with E-state index in [1.807, 2.05) is 18.5 Å². The van der Waals surface area contributed by atoms with E-state index in [-0.39, 0.29) is 30.7 Å². The fourth-order valence-electron chi connectivity index (χ4n) is 3.28. The molecule has 7 nitrogen and oxygen atoms in total. The number of fused-ring (bicyclic) bond motifs is 2. The summed E-state index contributed by atoms with van der Waals surface area (Å²) in [6.07, 6.45) is 2.70. The maximum Gasteiger partial charge on any atom is 0.224 e. The molecule has 1 aromatic carbocycles. The Kier molecular flexibility index (Phi) is 6.86. The summed E-state index contributed by atoms with van der Waals surface area (Å²) < 4.78 is 2.03. The van der Waals surface area contributed by atoms with Crippen LogP contribution in [0.3, 0.4) is 0 Å². The van der Waals surface area contributed by atoms with E-state index >= 15 is 0 Å². The van der Waals surface area contributed by atoms with Crippen molar-refractivity contribution in [3.63, 3.8) is 0 Å². The molecule has 4 rings (SSSR count). The van der Waals surface area contributed by atoms with Crippen LogP contribution in [0, 0.1) is 13.8 Å². The average molecular weight is 411 g/mol. The second kappa shape index (κ2) is 8.73. The lowest BCUT2D eigenvalue weighted by Crippen LogP contribution is -2.28. The van der Waals surface area contributed by atoms with Crippen LogP contribution in [0.25, 0.3) is 11.0 Å². The first-order valence-electron chi connectivity index (χ1n) is 8.61. The van der Waals surface area contributed by atoms with Gasteiger partial charge < -0.3 is 15.6 Å². The van der Waals surface area contributed by atoms with Gasteiger partial charge in [-0.1, -0.05) is 0 Å². The van der Waals surface area contributed by atoms with Crippen LogP contribution in [0.5, 0.6) is 0 Å². The Hall–Kier alpha value is -2.09. The Bertz CT molecular complexity index is 925. The molecule has 3 N–H and O–H groups in total. The topological polar surface area (TPSA) is 87.6 Å². The molecule has 1 aliphatic heterocycles. The summed E-state index contributed by atoms with van der Waals surface area (Å²) in [5, 5.41) is 11.0. The number of aromatic amines is 1. The van der Waals surface area contributed by atoms with Crippen LogP contribution in [0.15, 0.2) is 18.5 Å². The van der Waals surface area contributed by atoms with E-state index in [0.717, 1.165) is 53.2 Å². The first-order chi connectivity index (χ1) is 12.1. The van der Waals surface area contributed by atoms with E-state index in [4.69, 9.17) is 0 Å². The van der Waals surface area contributed by atoms with Crippen LogP contribution in [0.1, 0.15) is 28.9 Å². The van der Waals surface area contributed by atoms with Crippen molar-refractivity contribution in [3.8, 4) is 0 Å². The minimum Gasteiger partial charge on any atom is -0.345 e. The number of nitrogens with zero attached hydrogens (tertiary/aromatic N) is 3. The minimum atomic E-state index is -0.0119. The molecular weight excluding hydrogens is 387 g/mol. The number of nitrogens with one attached hydrogen (secondary N) is 3. The van der Waals surface area contributed by atoms with Gasteiger partial charge in [-0.2, -0.15) is 5.10 Å². The molecule has 1 aliphatic rings. The Labute approximate surface area is 170 Å². The van der Waals surface area contributed by atoms with Gasteiger partial charge in [-0.05, 0) is 37.1 Å². The number of benzene rings is 1. The largest absolute Gasteiger partial charge is 0.345 e. The number of hydrogen-bond acceptors (Lipinski definition) is 4. The molecule has 0 fully saturated rings. The van der Waals surface area contributed by atoms with E-state index < -0.39 is 0 Å². The average Bonchev–Trinajstić information content (AvgIpc) is 3.23. The lowest BCUT2D eigenvalue weighted by Gasteiger charge is -2.13. The number of halogens is 2. The second-order valence-corrected chi connectivity index (χ2v) is 6.57. The molecule has 0 spiro atoms. The molecule has 0 saturated carbocycles. The fourth-order valence-corrected chi connectivity index (χ4v) is 3.28. The van der Waals surface area contributed by atoms with E-state index in [2.05, 4.69) is 37.8 Å². The molecule has 1 amide bonds. The fraction of sp³-hybridized carbons (Fsp3) is 0.389. The van der Waals surface area contributed by atoms with Crippen molar-refractivity contribution in [2.45, 2.75) is 39.8 Å². The van der Waals surface area contributed by atoms with Crippen LogP contribution < -0.4 is 10.6 Å². The van der Waals surface area contributed by atoms with Gasteiger partial charge in [0.1, 0.15) is 5.52 Å². The standard InChI is InChI=1S/C18H22N6O.2ClH/c1-11-7-15-18(21-10-20-15)17(12(11)2)22-16(25)4-3-13-8-14-9-19-5-6-24(14)23-13;;/h7-8,10,19H,3-6,9H2,1-2H3,(H,20,21)(H,22,25);2*1H. The summed E-state index contributed by atoms with van der Waals surface area (Å²) in [7, 11) is 0. The number of amides is 1. The van der Waals surface area contributed by atoms with E-state index in [1.54, 1.807) is 6.33 Å². The molecule has 146 valence electrons. The maximum atomic E-state index is 12.5. The van der Waals surface area contributed by atoms with E-state index in [1.165, 1.54) is 5.69 Å². The second-order valence-electron chi connectivity index (χ2n) is 6.57. The maximum absolute atomic E-state index is 12.5. The zero-order valence-electron chi connectivity index (χ0n) is 15.3. The molecule has 27 heavy (non-hydrogen) atoms. The molecule has 9 heteroatoms. The molecule has 0 unspecified atom stereocenters. The summed E-state index contributed by atoms with van der Waals surface area (Å²) in [6, 6.07) is 4.14. The van der Waals surface area contributed by atoms with Gasteiger partial charge in [0, 0.05) is 25.9 Å². The Morgan fingerprint density at radius 2 is 2.11 bits per heavy atom. The first kappa shape index (κ1) is 21.2. The number of carbonyl (C=O) groups excluding carboxylic acids is 1.